The summed E-state index contributed by atoms with van der Waals surface area (Å²) in [5.41, 5.74) is 0.743. The molecule has 0 aliphatic heterocycles. The SMILES string of the molecule is CNCC(=O)c1ccc(Br)cc1.Cl. The summed E-state index contributed by atoms with van der Waals surface area (Å²) in [6, 6.07) is 7.35. The van der Waals surface area contributed by atoms with Crippen LogP contribution in [-0.2, 0) is 0 Å². The number of nitrogens with one attached hydrogen (secondary N) is 1. The van der Waals surface area contributed by atoms with Gasteiger partial charge in [0.15, 0.2) is 5.78 Å². The predicted octanol–water partition coefficient (Wildman–Crippen LogP) is 2.27. The zero-order chi connectivity index (χ0) is 8.97. The molecular formula is C9H11BrClNO. The second-order valence-corrected chi connectivity index (χ2v) is 3.38. The van der Waals surface area contributed by atoms with Crippen molar-refractivity contribution in [3.8, 4) is 0 Å². The van der Waals surface area contributed by atoms with Crippen molar-refractivity contribution in [3.63, 3.8) is 0 Å². The van der Waals surface area contributed by atoms with Gasteiger partial charge >= 0.3 is 0 Å². The highest BCUT2D eigenvalue weighted by molar-refractivity contribution is 9.10. The second-order valence-electron chi connectivity index (χ2n) is 2.46. The van der Waals surface area contributed by atoms with Crippen molar-refractivity contribution in [1.82, 2.24) is 5.32 Å². The minimum Gasteiger partial charge on any atom is -0.313 e. The summed E-state index contributed by atoms with van der Waals surface area (Å²) in [5.74, 6) is 0.116. The van der Waals surface area contributed by atoms with Gasteiger partial charge in [0.2, 0.25) is 0 Å². The Hall–Kier alpha value is -0.380. The van der Waals surface area contributed by atoms with Crippen LogP contribution in [0, 0.1) is 0 Å². The van der Waals surface area contributed by atoms with Crippen molar-refractivity contribution in [2.45, 2.75) is 0 Å². The van der Waals surface area contributed by atoms with Crippen LogP contribution < -0.4 is 5.32 Å². The van der Waals surface area contributed by atoms with Crippen LogP contribution in [0.25, 0.3) is 0 Å². The summed E-state index contributed by atoms with van der Waals surface area (Å²) in [6.07, 6.45) is 0. The maximum absolute atomic E-state index is 11.3. The lowest BCUT2D eigenvalue weighted by Gasteiger charge is -1.98. The number of halogens is 2. The summed E-state index contributed by atoms with van der Waals surface area (Å²) in [5, 5.41) is 2.82. The molecule has 0 aliphatic rings. The predicted molar refractivity (Wildman–Crippen MR) is 59.6 cm³/mol. The van der Waals surface area contributed by atoms with Crippen LogP contribution >= 0.6 is 28.3 Å². The number of hydrogen-bond donors (Lipinski definition) is 1. The first kappa shape index (κ1) is 12.6. The van der Waals surface area contributed by atoms with E-state index in [0.29, 0.717) is 6.54 Å². The fourth-order valence-electron chi connectivity index (χ4n) is 0.898. The molecule has 0 amide bonds. The maximum Gasteiger partial charge on any atom is 0.176 e. The van der Waals surface area contributed by atoms with Crippen LogP contribution in [-0.4, -0.2) is 19.4 Å². The summed E-state index contributed by atoms with van der Waals surface area (Å²) in [7, 11) is 1.76. The fraction of sp³-hybridized carbons (Fsp3) is 0.222. The quantitative estimate of drug-likeness (QED) is 0.849. The van der Waals surface area contributed by atoms with Gasteiger partial charge in [-0.2, -0.15) is 0 Å². The molecule has 1 N–H and O–H groups in total. The van der Waals surface area contributed by atoms with Crippen molar-refractivity contribution >= 4 is 34.1 Å². The Bertz CT molecular complexity index is 273. The lowest BCUT2D eigenvalue weighted by molar-refractivity contribution is 0.0993. The maximum atomic E-state index is 11.3. The van der Waals surface area contributed by atoms with E-state index in [1.807, 2.05) is 24.3 Å². The van der Waals surface area contributed by atoms with Gasteiger partial charge in [-0.25, -0.2) is 0 Å². The Morgan fingerprint density at radius 2 is 1.92 bits per heavy atom. The summed E-state index contributed by atoms with van der Waals surface area (Å²) in [4.78, 5) is 11.3. The molecule has 1 aromatic rings. The fourth-order valence-corrected chi connectivity index (χ4v) is 1.16. The molecule has 13 heavy (non-hydrogen) atoms. The van der Waals surface area contributed by atoms with Crippen LogP contribution in [0.15, 0.2) is 28.7 Å². The monoisotopic (exact) mass is 263 g/mol. The number of hydrogen-bond acceptors (Lipinski definition) is 2. The number of Topliss-reactive ketones (excluding diaryl/α,β-unsaturated/α-hetero) is 1. The number of benzene rings is 1. The van der Waals surface area contributed by atoms with E-state index in [0.717, 1.165) is 10.0 Å². The molecule has 0 spiro atoms. The summed E-state index contributed by atoms with van der Waals surface area (Å²) >= 11 is 3.31. The average molecular weight is 265 g/mol. The molecule has 1 rings (SSSR count). The van der Waals surface area contributed by atoms with E-state index in [1.54, 1.807) is 7.05 Å². The van der Waals surface area contributed by atoms with Crippen molar-refractivity contribution in [2.24, 2.45) is 0 Å². The van der Waals surface area contributed by atoms with Crippen molar-refractivity contribution < 1.29 is 4.79 Å². The minimum absolute atomic E-state index is 0. The van der Waals surface area contributed by atoms with E-state index in [-0.39, 0.29) is 18.2 Å². The largest absolute Gasteiger partial charge is 0.313 e. The highest BCUT2D eigenvalue weighted by Gasteiger charge is 2.02. The summed E-state index contributed by atoms with van der Waals surface area (Å²) < 4.78 is 0.989. The van der Waals surface area contributed by atoms with Gasteiger partial charge in [0.05, 0.1) is 6.54 Å². The zero-order valence-electron chi connectivity index (χ0n) is 7.21. The third-order valence-corrected chi connectivity index (χ3v) is 2.03. The molecule has 2 nitrogen and oxygen atoms in total. The number of likely N-dealkylation sites (N-methyl/N-ethyl adjacent to an activating group) is 1. The van der Waals surface area contributed by atoms with E-state index in [1.165, 1.54) is 0 Å². The number of carbonyl (C=O) groups is 1. The average Bonchev–Trinajstić information content (AvgIpc) is 2.06. The van der Waals surface area contributed by atoms with Gasteiger partial charge in [0, 0.05) is 10.0 Å². The minimum atomic E-state index is 0. The molecule has 0 saturated carbocycles. The number of ketones is 1. The highest BCUT2D eigenvalue weighted by Crippen LogP contribution is 2.10. The third kappa shape index (κ3) is 3.89. The first-order valence-corrected chi connectivity index (χ1v) is 4.46. The molecule has 72 valence electrons. The van der Waals surface area contributed by atoms with Crippen molar-refractivity contribution in [2.75, 3.05) is 13.6 Å². The first-order valence-electron chi connectivity index (χ1n) is 3.67. The molecule has 0 aromatic heterocycles. The Labute approximate surface area is 92.3 Å². The topological polar surface area (TPSA) is 29.1 Å². The van der Waals surface area contributed by atoms with E-state index in [4.69, 9.17) is 0 Å². The van der Waals surface area contributed by atoms with Gasteiger partial charge in [0.1, 0.15) is 0 Å². The van der Waals surface area contributed by atoms with Crippen LogP contribution in [0.4, 0.5) is 0 Å². The molecule has 0 unspecified atom stereocenters. The van der Waals surface area contributed by atoms with E-state index >= 15 is 0 Å². The van der Waals surface area contributed by atoms with Gasteiger partial charge in [-0.15, -0.1) is 12.4 Å². The smallest absolute Gasteiger partial charge is 0.176 e. The Morgan fingerprint density at radius 3 is 2.38 bits per heavy atom. The van der Waals surface area contributed by atoms with Gasteiger partial charge in [0.25, 0.3) is 0 Å². The van der Waals surface area contributed by atoms with E-state index in [2.05, 4.69) is 21.2 Å². The van der Waals surface area contributed by atoms with Crippen molar-refractivity contribution in [3.05, 3.63) is 34.3 Å². The molecule has 1 aromatic carbocycles. The highest BCUT2D eigenvalue weighted by atomic mass is 79.9. The van der Waals surface area contributed by atoms with Crippen LogP contribution in [0.5, 0.6) is 0 Å². The Morgan fingerprint density at radius 1 is 1.38 bits per heavy atom. The number of carbonyl (C=O) groups excluding carboxylic acids is 1. The third-order valence-electron chi connectivity index (χ3n) is 1.50. The van der Waals surface area contributed by atoms with Gasteiger partial charge in [-0.05, 0) is 19.2 Å². The molecule has 0 atom stereocenters. The second kappa shape index (κ2) is 6.13. The standard InChI is InChI=1S/C9H10BrNO.ClH/c1-11-6-9(12)7-2-4-8(10)5-3-7;/h2-5,11H,6H2,1H3;1H. The Kier molecular flexibility index (Phi) is 5.95. The van der Waals surface area contributed by atoms with Gasteiger partial charge < -0.3 is 5.32 Å². The van der Waals surface area contributed by atoms with Crippen LogP contribution in [0.2, 0.25) is 0 Å². The van der Waals surface area contributed by atoms with Gasteiger partial charge in [-0.3, -0.25) is 4.79 Å². The van der Waals surface area contributed by atoms with Crippen molar-refractivity contribution in [1.29, 1.82) is 0 Å². The van der Waals surface area contributed by atoms with E-state index < -0.39 is 0 Å². The molecule has 0 fully saturated rings. The van der Waals surface area contributed by atoms with E-state index in [9.17, 15) is 4.79 Å². The molecular weight excluding hydrogens is 253 g/mol. The molecule has 0 bridgehead atoms. The zero-order valence-corrected chi connectivity index (χ0v) is 9.61. The lowest BCUT2D eigenvalue weighted by atomic mass is 10.1. The molecule has 0 aliphatic carbocycles. The normalized spacial score (nSPS) is 9.08. The summed E-state index contributed by atoms with van der Waals surface area (Å²) in [6.45, 7) is 0.391. The lowest BCUT2D eigenvalue weighted by Crippen LogP contribution is -2.18. The Balaban J connectivity index is 0.00000144. The van der Waals surface area contributed by atoms with Gasteiger partial charge in [-0.1, -0.05) is 28.1 Å². The first-order chi connectivity index (χ1) is 5.74. The molecule has 4 heteroatoms. The molecule has 0 heterocycles. The van der Waals surface area contributed by atoms with Crippen LogP contribution in [0.1, 0.15) is 10.4 Å². The van der Waals surface area contributed by atoms with Crippen LogP contribution in [0.3, 0.4) is 0 Å². The molecule has 0 radical (unpaired) electrons. The number of rotatable bonds is 3. The molecule has 0 saturated heterocycles.